The maximum atomic E-state index is 10.6. The smallest absolute Gasteiger partial charge is 0.216 e. The van der Waals surface area contributed by atoms with E-state index >= 15 is 0 Å². The topological polar surface area (TPSA) is 74.2 Å². The highest BCUT2D eigenvalue weighted by Crippen LogP contribution is 2.18. The molecule has 0 aliphatic heterocycles. The Kier molecular flexibility index (Phi) is 5.68. The van der Waals surface area contributed by atoms with Crippen molar-refractivity contribution in [3.05, 3.63) is 29.3 Å². The van der Waals surface area contributed by atoms with Gasteiger partial charge in [0.15, 0.2) is 0 Å². The summed E-state index contributed by atoms with van der Waals surface area (Å²) in [5, 5.41) is 14.7. The van der Waals surface area contributed by atoms with Gasteiger partial charge < -0.3 is 15.4 Å². The van der Waals surface area contributed by atoms with E-state index in [2.05, 4.69) is 16.7 Å². The molecular weight excluding hydrogens is 230 g/mol. The molecule has 0 aliphatic carbocycles. The molecule has 1 rings (SSSR count). The van der Waals surface area contributed by atoms with Gasteiger partial charge in [-0.3, -0.25) is 4.79 Å². The molecule has 0 heterocycles. The third-order valence-corrected chi connectivity index (χ3v) is 2.39. The van der Waals surface area contributed by atoms with Crippen LogP contribution in [0.25, 0.3) is 0 Å². The Balaban J connectivity index is 2.43. The Labute approximate surface area is 107 Å². The molecule has 5 nitrogen and oxygen atoms in total. The number of carbonyl (C=O) groups excluding carboxylic acids is 1. The van der Waals surface area contributed by atoms with Crippen molar-refractivity contribution < 1.29 is 9.53 Å². The number of methoxy groups -OCH3 is 1. The monoisotopic (exact) mass is 247 g/mol. The lowest BCUT2D eigenvalue weighted by Crippen LogP contribution is -2.29. The van der Waals surface area contributed by atoms with Crippen LogP contribution in [0.3, 0.4) is 0 Å². The third-order valence-electron chi connectivity index (χ3n) is 2.39. The number of nitrogens with one attached hydrogen (secondary N) is 2. The molecule has 0 radical (unpaired) electrons. The molecule has 0 saturated carbocycles. The normalized spacial score (nSPS) is 9.61. The molecule has 0 bridgehead atoms. The summed E-state index contributed by atoms with van der Waals surface area (Å²) in [6, 6.07) is 7.53. The van der Waals surface area contributed by atoms with Crippen molar-refractivity contribution in [1.29, 1.82) is 5.26 Å². The first-order valence-electron chi connectivity index (χ1n) is 5.69. The highest BCUT2D eigenvalue weighted by molar-refractivity contribution is 5.72. The number of carbonyl (C=O) groups is 1. The zero-order valence-corrected chi connectivity index (χ0v) is 10.6. The summed E-state index contributed by atoms with van der Waals surface area (Å²) in [6.07, 6.45) is 0. The maximum absolute atomic E-state index is 10.6. The van der Waals surface area contributed by atoms with Crippen LogP contribution in [0.1, 0.15) is 18.1 Å². The maximum Gasteiger partial charge on any atom is 0.216 e. The van der Waals surface area contributed by atoms with Crippen LogP contribution in [0.4, 0.5) is 0 Å². The van der Waals surface area contributed by atoms with E-state index in [-0.39, 0.29) is 5.91 Å². The Morgan fingerprint density at radius 1 is 1.44 bits per heavy atom. The van der Waals surface area contributed by atoms with Crippen molar-refractivity contribution >= 4 is 5.91 Å². The largest absolute Gasteiger partial charge is 0.495 e. The van der Waals surface area contributed by atoms with E-state index in [0.717, 1.165) is 5.56 Å². The van der Waals surface area contributed by atoms with Crippen LogP contribution in [0, 0.1) is 11.3 Å². The Morgan fingerprint density at radius 2 is 2.22 bits per heavy atom. The number of hydrogen-bond donors (Lipinski definition) is 2. The van der Waals surface area contributed by atoms with Gasteiger partial charge in [-0.15, -0.1) is 0 Å². The minimum atomic E-state index is -0.0307. The fourth-order valence-electron chi connectivity index (χ4n) is 1.50. The van der Waals surface area contributed by atoms with Gasteiger partial charge in [0.05, 0.1) is 12.7 Å². The lowest BCUT2D eigenvalue weighted by molar-refractivity contribution is -0.118. The van der Waals surface area contributed by atoms with Gasteiger partial charge in [-0.1, -0.05) is 6.07 Å². The van der Waals surface area contributed by atoms with E-state index in [9.17, 15) is 4.79 Å². The molecule has 5 heteroatoms. The number of benzene rings is 1. The quantitative estimate of drug-likeness (QED) is 0.729. The van der Waals surface area contributed by atoms with Crippen molar-refractivity contribution in [3.8, 4) is 11.8 Å². The average molecular weight is 247 g/mol. The summed E-state index contributed by atoms with van der Waals surface area (Å²) in [5.41, 5.74) is 1.56. The molecule has 1 aromatic carbocycles. The fraction of sp³-hybridized carbons (Fsp3) is 0.385. The van der Waals surface area contributed by atoms with E-state index in [4.69, 9.17) is 10.00 Å². The average Bonchev–Trinajstić information content (AvgIpc) is 2.37. The van der Waals surface area contributed by atoms with Gasteiger partial charge in [-0.05, 0) is 17.7 Å². The third kappa shape index (κ3) is 4.44. The molecule has 0 aliphatic rings. The first kappa shape index (κ1) is 14.0. The van der Waals surface area contributed by atoms with Gasteiger partial charge in [0.1, 0.15) is 11.8 Å². The number of nitrogens with zero attached hydrogens (tertiary/aromatic N) is 1. The molecule has 0 fully saturated rings. The summed E-state index contributed by atoms with van der Waals surface area (Å²) < 4.78 is 5.13. The second-order valence-corrected chi connectivity index (χ2v) is 3.81. The van der Waals surface area contributed by atoms with Gasteiger partial charge in [0.2, 0.25) is 5.91 Å². The zero-order chi connectivity index (χ0) is 13.4. The predicted octanol–water partition coefficient (Wildman–Crippen LogP) is 0.793. The molecule has 0 saturated heterocycles. The Bertz CT molecular complexity index is 452. The fourth-order valence-corrected chi connectivity index (χ4v) is 1.50. The molecule has 1 amide bonds. The minimum absolute atomic E-state index is 0.0307. The summed E-state index contributed by atoms with van der Waals surface area (Å²) in [4.78, 5) is 10.6. The van der Waals surface area contributed by atoms with Gasteiger partial charge >= 0.3 is 0 Å². The molecule has 96 valence electrons. The van der Waals surface area contributed by atoms with E-state index < -0.39 is 0 Å². The second-order valence-electron chi connectivity index (χ2n) is 3.81. The van der Waals surface area contributed by atoms with Crippen molar-refractivity contribution in [2.45, 2.75) is 13.5 Å². The van der Waals surface area contributed by atoms with E-state index in [1.807, 2.05) is 12.1 Å². The van der Waals surface area contributed by atoms with Crippen LogP contribution in [-0.2, 0) is 11.3 Å². The van der Waals surface area contributed by atoms with E-state index in [1.165, 1.54) is 6.92 Å². The summed E-state index contributed by atoms with van der Waals surface area (Å²) in [7, 11) is 1.55. The van der Waals surface area contributed by atoms with Crippen molar-refractivity contribution in [1.82, 2.24) is 10.6 Å². The number of nitriles is 1. The number of hydrogen-bond acceptors (Lipinski definition) is 4. The predicted molar refractivity (Wildman–Crippen MR) is 68.1 cm³/mol. The molecule has 1 aromatic rings. The molecule has 0 unspecified atom stereocenters. The highest BCUT2D eigenvalue weighted by Gasteiger charge is 2.03. The second kappa shape index (κ2) is 7.30. The van der Waals surface area contributed by atoms with E-state index in [1.54, 1.807) is 13.2 Å². The molecule has 18 heavy (non-hydrogen) atoms. The zero-order valence-electron chi connectivity index (χ0n) is 10.6. The van der Waals surface area contributed by atoms with Crippen LogP contribution >= 0.6 is 0 Å². The van der Waals surface area contributed by atoms with Crippen LogP contribution < -0.4 is 15.4 Å². The molecule has 0 aromatic heterocycles. The van der Waals surface area contributed by atoms with Gasteiger partial charge in [0.25, 0.3) is 0 Å². The number of amides is 1. The van der Waals surface area contributed by atoms with Crippen LogP contribution in [-0.4, -0.2) is 26.1 Å². The van der Waals surface area contributed by atoms with Crippen LogP contribution in [0.5, 0.6) is 5.75 Å². The van der Waals surface area contributed by atoms with Gasteiger partial charge in [-0.25, -0.2) is 0 Å². The van der Waals surface area contributed by atoms with E-state index in [0.29, 0.717) is 30.9 Å². The lowest BCUT2D eigenvalue weighted by atomic mass is 10.1. The molecule has 0 spiro atoms. The summed E-state index contributed by atoms with van der Waals surface area (Å²) in [5.74, 6) is 0.551. The molecular formula is C13H17N3O2. The lowest BCUT2D eigenvalue weighted by Gasteiger charge is -2.08. The van der Waals surface area contributed by atoms with Crippen molar-refractivity contribution in [2.75, 3.05) is 20.2 Å². The van der Waals surface area contributed by atoms with Crippen LogP contribution in [0.15, 0.2) is 18.2 Å². The highest BCUT2D eigenvalue weighted by atomic mass is 16.5. The Hall–Kier alpha value is -2.06. The molecule has 2 N–H and O–H groups in total. The van der Waals surface area contributed by atoms with Crippen molar-refractivity contribution in [2.24, 2.45) is 0 Å². The first-order valence-corrected chi connectivity index (χ1v) is 5.69. The van der Waals surface area contributed by atoms with Gasteiger partial charge in [0, 0.05) is 26.6 Å². The minimum Gasteiger partial charge on any atom is -0.495 e. The number of ether oxygens (including phenoxy) is 1. The number of rotatable bonds is 6. The summed E-state index contributed by atoms with van der Waals surface area (Å²) >= 11 is 0. The molecule has 0 atom stereocenters. The summed E-state index contributed by atoms with van der Waals surface area (Å²) in [6.45, 7) is 3.46. The first-order chi connectivity index (χ1) is 8.67. The Morgan fingerprint density at radius 3 is 2.83 bits per heavy atom. The SMILES string of the molecule is COc1cc(CNCCNC(C)=O)ccc1C#N. The van der Waals surface area contributed by atoms with Crippen LogP contribution in [0.2, 0.25) is 0 Å². The standard InChI is InChI=1S/C13H17N3O2/c1-10(17)16-6-5-15-9-11-3-4-12(8-14)13(7-11)18-2/h3-4,7,15H,5-6,9H2,1-2H3,(H,16,17). The van der Waals surface area contributed by atoms with Gasteiger partial charge in [-0.2, -0.15) is 5.26 Å². The van der Waals surface area contributed by atoms with Crippen molar-refractivity contribution in [3.63, 3.8) is 0 Å².